The first kappa shape index (κ1) is 23.3. The average molecular weight is 486 g/mol. The zero-order chi connectivity index (χ0) is 17.0. The van der Waals surface area contributed by atoms with Crippen molar-refractivity contribution in [1.29, 1.82) is 0 Å². The van der Waals surface area contributed by atoms with Gasteiger partial charge in [0.1, 0.15) is 0 Å². The van der Waals surface area contributed by atoms with Crippen molar-refractivity contribution in [3.63, 3.8) is 0 Å². The van der Waals surface area contributed by atoms with Gasteiger partial charge in [0.2, 0.25) is 0 Å². The van der Waals surface area contributed by atoms with Gasteiger partial charge in [-0.05, 0) is 52.6 Å². The van der Waals surface area contributed by atoms with E-state index in [0.717, 1.165) is 6.42 Å². The predicted molar refractivity (Wildman–Crippen MR) is 108 cm³/mol. The van der Waals surface area contributed by atoms with E-state index in [9.17, 15) is 0 Å². The summed E-state index contributed by atoms with van der Waals surface area (Å²) < 4.78 is 0. The van der Waals surface area contributed by atoms with Crippen molar-refractivity contribution in [1.82, 2.24) is 0 Å². The molecule has 0 bridgehead atoms. The smallest absolute Gasteiger partial charge is 1.00 e. The number of aryl methyl sites for hydroxylation is 2. The minimum Gasteiger partial charge on any atom is -1.00 e. The van der Waals surface area contributed by atoms with Crippen molar-refractivity contribution in [3.8, 4) is 11.1 Å². The number of hydrogen-bond donors (Lipinski definition) is 0. The van der Waals surface area contributed by atoms with Crippen LogP contribution in [0, 0.1) is 5.92 Å². The molecule has 0 atom stereocenters. The molecule has 0 saturated heterocycles. The van der Waals surface area contributed by atoms with Crippen molar-refractivity contribution >= 4 is 21.5 Å². The SMILES string of the molecule is CC(C)Cc1cc2c(-c3ccc4c5c(cccc35)CC4)cccc2[cH-]1.[Cl-].[Cl-].[Zr+3]. The third kappa shape index (κ3) is 3.87. The molecule has 0 unspecified atom stereocenters. The zero-order valence-electron chi connectivity index (χ0n) is 16.2. The molecule has 0 amide bonds. The van der Waals surface area contributed by atoms with E-state index in [1.54, 1.807) is 0 Å². The van der Waals surface area contributed by atoms with Crippen LogP contribution >= 0.6 is 0 Å². The molecular formula is C25H23Cl2Zr. The van der Waals surface area contributed by atoms with Crippen LogP contribution in [0.1, 0.15) is 30.5 Å². The monoisotopic (exact) mass is 483 g/mol. The topological polar surface area (TPSA) is 0 Å². The van der Waals surface area contributed by atoms with Crippen LogP contribution in [-0.4, -0.2) is 0 Å². The largest absolute Gasteiger partial charge is 3.00 e. The number of halogens is 2. The summed E-state index contributed by atoms with van der Waals surface area (Å²) in [5.74, 6) is 0.692. The van der Waals surface area contributed by atoms with Crippen molar-refractivity contribution in [2.75, 3.05) is 0 Å². The summed E-state index contributed by atoms with van der Waals surface area (Å²) in [6, 6.07) is 23.1. The van der Waals surface area contributed by atoms with E-state index in [4.69, 9.17) is 0 Å². The fraction of sp³-hybridized carbons (Fsp3) is 0.240. The Hall–Kier alpha value is -1.01. The van der Waals surface area contributed by atoms with E-state index in [1.807, 2.05) is 0 Å². The molecule has 141 valence electrons. The van der Waals surface area contributed by atoms with Gasteiger partial charge in [0.25, 0.3) is 0 Å². The Morgan fingerprint density at radius 1 is 0.821 bits per heavy atom. The van der Waals surface area contributed by atoms with Crippen molar-refractivity contribution in [2.45, 2.75) is 33.1 Å². The molecule has 3 heteroatoms. The Bertz CT molecular complexity index is 1100. The second-order valence-corrected chi connectivity index (χ2v) is 7.88. The van der Waals surface area contributed by atoms with Crippen LogP contribution in [0.15, 0.2) is 60.7 Å². The van der Waals surface area contributed by atoms with Gasteiger partial charge < -0.3 is 24.8 Å². The van der Waals surface area contributed by atoms with Crippen LogP contribution in [0.4, 0.5) is 0 Å². The van der Waals surface area contributed by atoms with Gasteiger partial charge in [-0.2, -0.15) is 6.07 Å². The normalized spacial score (nSPS) is 12.0. The van der Waals surface area contributed by atoms with E-state index in [2.05, 4.69) is 74.5 Å². The van der Waals surface area contributed by atoms with Gasteiger partial charge in [-0.15, -0.1) is 34.5 Å². The summed E-state index contributed by atoms with van der Waals surface area (Å²) in [6.45, 7) is 4.59. The molecule has 1 aliphatic rings. The Kier molecular flexibility index (Phi) is 7.65. The Labute approximate surface area is 199 Å². The number of fused-ring (bicyclic) bond motifs is 1. The standard InChI is InChI=1S/C25H23.2ClH.Zr/c1-16(2)13-17-14-20-6-4-7-21(24(20)15-17)22-12-11-19-10-9-18-5-3-8-23(22)25(18)19;;;/h3-8,11-12,14-16H,9-10,13H2,1-2H3;2*1H;/q-1;;;+3/p-2. The van der Waals surface area contributed by atoms with E-state index >= 15 is 0 Å². The van der Waals surface area contributed by atoms with E-state index in [1.165, 1.54) is 62.2 Å². The second-order valence-electron chi connectivity index (χ2n) is 7.88. The van der Waals surface area contributed by atoms with E-state index < -0.39 is 0 Å². The summed E-state index contributed by atoms with van der Waals surface area (Å²) in [6.07, 6.45) is 3.53. The van der Waals surface area contributed by atoms with Crippen LogP contribution in [0.2, 0.25) is 0 Å². The molecule has 0 heterocycles. The fourth-order valence-electron chi connectivity index (χ4n) is 4.60. The summed E-state index contributed by atoms with van der Waals surface area (Å²) in [5, 5.41) is 5.70. The number of hydrogen-bond acceptors (Lipinski definition) is 0. The van der Waals surface area contributed by atoms with Crippen LogP contribution in [-0.2, 0) is 45.5 Å². The van der Waals surface area contributed by atoms with Gasteiger partial charge >= 0.3 is 26.2 Å². The summed E-state index contributed by atoms with van der Waals surface area (Å²) in [7, 11) is 0. The van der Waals surface area contributed by atoms with Crippen LogP contribution in [0.3, 0.4) is 0 Å². The summed E-state index contributed by atoms with van der Waals surface area (Å²) in [5.41, 5.74) is 7.26. The zero-order valence-corrected chi connectivity index (χ0v) is 20.2. The third-order valence-corrected chi connectivity index (χ3v) is 5.62. The Morgan fingerprint density at radius 2 is 1.50 bits per heavy atom. The van der Waals surface area contributed by atoms with Gasteiger partial charge in [-0.1, -0.05) is 55.8 Å². The van der Waals surface area contributed by atoms with Crippen molar-refractivity contribution < 1.29 is 51.0 Å². The molecule has 1 aliphatic carbocycles. The maximum atomic E-state index is 2.41. The Balaban J connectivity index is 0.000000934. The molecular weight excluding hydrogens is 462 g/mol. The molecule has 0 nitrogen and oxygen atoms in total. The fourth-order valence-corrected chi connectivity index (χ4v) is 4.60. The molecule has 4 aromatic carbocycles. The summed E-state index contributed by atoms with van der Waals surface area (Å²) >= 11 is 0. The van der Waals surface area contributed by atoms with Gasteiger partial charge in [0.05, 0.1) is 0 Å². The first-order chi connectivity index (χ1) is 12.2. The molecule has 0 N–H and O–H groups in total. The van der Waals surface area contributed by atoms with Gasteiger partial charge in [-0.25, -0.2) is 0 Å². The maximum absolute atomic E-state index is 2.41. The molecule has 0 spiro atoms. The molecule has 4 aromatic rings. The van der Waals surface area contributed by atoms with Gasteiger partial charge in [-0.3, -0.25) is 0 Å². The molecule has 0 aliphatic heterocycles. The van der Waals surface area contributed by atoms with Gasteiger partial charge in [0.15, 0.2) is 0 Å². The van der Waals surface area contributed by atoms with Gasteiger partial charge in [0, 0.05) is 0 Å². The molecule has 0 aromatic heterocycles. The van der Waals surface area contributed by atoms with Crippen molar-refractivity contribution in [2.24, 2.45) is 5.92 Å². The molecule has 0 fully saturated rings. The van der Waals surface area contributed by atoms with Crippen LogP contribution in [0.5, 0.6) is 0 Å². The third-order valence-electron chi connectivity index (χ3n) is 5.62. The average Bonchev–Trinajstić information content (AvgIpc) is 3.19. The first-order valence-electron chi connectivity index (χ1n) is 9.43. The maximum Gasteiger partial charge on any atom is 3.00 e. The Morgan fingerprint density at radius 3 is 2.25 bits per heavy atom. The molecule has 0 saturated carbocycles. The van der Waals surface area contributed by atoms with Crippen molar-refractivity contribution in [3.05, 3.63) is 77.4 Å². The number of benzene rings is 3. The summed E-state index contributed by atoms with van der Waals surface area (Å²) in [4.78, 5) is 0. The quantitative estimate of drug-likeness (QED) is 0.375. The first-order valence-corrected chi connectivity index (χ1v) is 9.43. The van der Waals surface area contributed by atoms with Crippen LogP contribution in [0.25, 0.3) is 32.7 Å². The number of rotatable bonds is 3. The minimum atomic E-state index is 0. The molecule has 1 radical (unpaired) electrons. The second kappa shape index (κ2) is 9.21. The molecule has 28 heavy (non-hydrogen) atoms. The predicted octanol–water partition coefficient (Wildman–Crippen LogP) is 0.682. The molecule has 5 rings (SSSR count). The minimum absolute atomic E-state index is 0. The van der Waals surface area contributed by atoms with Crippen LogP contribution < -0.4 is 24.8 Å². The van der Waals surface area contributed by atoms with E-state index in [0.29, 0.717) is 5.92 Å². The van der Waals surface area contributed by atoms with E-state index in [-0.39, 0.29) is 51.0 Å².